The first-order chi connectivity index (χ1) is 16.8. The van der Waals surface area contributed by atoms with E-state index in [2.05, 4.69) is 30.8 Å². The largest absolute Gasteiger partial charge is 0.493 e. The lowest BCUT2D eigenvalue weighted by atomic mass is 10.0. The Morgan fingerprint density at radius 1 is 1.26 bits per heavy atom. The number of carbonyl (C=O) groups excluding carboxylic acids is 1. The fourth-order valence-corrected chi connectivity index (χ4v) is 3.46. The summed E-state index contributed by atoms with van der Waals surface area (Å²) in [5.41, 5.74) is 2.30. The van der Waals surface area contributed by atoms with Crippen molar-refractivity contribution in [3.8, 4) is 28.8 Å². The van der Waals surface area contributed by atoms with Crippen LogP contribution in [0.4, 0.5) is 16.4 Å². The van der Waals surface area contributed by atoms with Crippen molar-refractivity contribution in [1.82, 2.24) is 25.5 Å². The van der Waals surface area contributed by atoms with E-state index in [1.165, 1.54) is 12.4 Å². The van der Waals surface area contributed by atoms with Crippen LogP contribution in [0.15, 0.2) is 30.6 Å². The van der Waals surface area contributed by atoms with Crippen LogP contribution in [0, 0.1) is 11.3 Å². The number of aromatic amines is 1. The lowest BCUT2D eigenvalue weighted by molar-refractivity contribution is 0.0525. The second-order valence-electron chi connectivity index (χ2n) is 8.85. The highest BCUT2D eigenvalue weighted by atomic mass is 16.6. The third-order valence-corrected chi connectivity index (χ3v) is 4.94. The zero-order valence-electron chi connectivity index (χ0n) is 19.8. The fraction of sp³-hybridized carbons (Fsp3) is 0.375. The predicted molar refractivity (Wildman–Crippen MR) is 128 cm³/mol. The zero-order chi connectivity index (χ0) is 24.8. The zero-order valence-corrected chi connectivity index (χ0v) is 19.8. The Morgan fingerprint density at radius 2 is 2.11 bits per heavy atom. The van der Waals surface area contributed by atoms with Gasteiger partial charge in [-0.2, -0.15) is 10.4 Å². The maximum absolute atomic E-state index is 11.8. The van der Waals surface area contributed by atoms with Crippen LogP contribution in [-0.2, 0) is 11.2 Å². The lowest BCUT2D eigenvalue weighted by Crippen LogP contribution is -2.33. The van der Waals surface area contributed by atoms with Crippen molar-refractivity contribution in [3.63, 3.8) is 0 Å². The van der Waals surface area contributed by atoms with Gasteiger partial charge in [-0.25, -0.2) is 14.8 Å². The number of anilines is 2. The molecule has 0 radical (unpaired) electrons. The number of H-pyrrole nitrogens is 1. The number of amides is 1. The molecule has 4 rings (SSSR count). The smallest absolute Gasteiger partial charge is 0.407 e. The molecule has 182 valence electrons. The van der Waals surface area contributed by atoms with Crippen molar-refractivity contribution < 1.29 is 19.0 Å². The maximum atomic E-state index is 11.8. The third kappa shape index (κ3) is 6.17. The second-order valence-corrected chi connectivity index (χ2v) is 8.85. The van der Waals surface area contributed by atoms with E-state index in [1.807, 2.05) is 45.0 Å². The highest BCUT2D eigenvalue weighted by Crippen LogP contribution is 2.43. The first-order valence-electron chi connectivity index (χ1n) is 11.3. The van der Waals surface area contributed by atoms with Gasteiger partial charge in [0.2, 0.25) is 0 Å². The molecule has 3 N–H and O–H groups in total. The van der Waals surface area contributed by atoms with Gasteiger partial charge in [0.25, 0.3) is 0 Å². The van der Waals surface area contributed by atoms with Gasteiger partial charge in [0.15, 0.2) is 11.5 Å². The SMILES string of the molecule is CC(C)(C)OC(=O)NCCCOc1ccc2c(c1-c1cc(Nc3cnc(C#N)cn3)n[nH]1)OCC2. The highest BCUT2D eigenvalue weighted by molar-refractivity contribution is 5.78. The van der Waals surface area contributed by atoms with E-state index >= 15 is 0 Å². The van der Waals surface area contributed by atoms with E-state index in [9.17, 15) is 4.79 Å². The standard InChI is InChI=1S/C24H27N7O4/c1-24(2,3)35-23(32)26-8-4-9-33-18-6-5-15-7-10-34-22(15)21(18)17-11-19(31-30-17)29-20-14-27-16(12-25)13-28-20/h5-6,11,13-14H,4,7-10H2,1-3H3,(H,26,32)(H2,28,29,30,31). The Labute approximate surface area is 202 Å². The molecule has 0 saturated carbocycles. The summed E-state index contributed by atoms with van der Waals surface area (Å²) in [6, 6.07) is 7.69. The minimum absolute atomic E-state index is 0.235. The van der Waals surface area contributed by atoms with E-state index in [1.54, 1.807) is 0 Å². The monoisotopic (exact) mass is 477 g/mol. The molecule has 0 aliphatic carbocycles. The van der Waals surface area contributed by atoms with Crippen LogP contribution < -0.4 is 20.1 Å². The summed E-state index contributed by atoms with van der Waals surface area (Å²) < 4.78 is 17.2. The molecule has 11 nitrogen and oxygen atoms in total. The fourth-order valence-electron chi connectivity index (χ4n) is 3.46. The number of nitrogens with zero attached hydrogens (tertiary/aromatic N) is 4. The molecule has 3 aromatic rings. The summed E-state index contributed by atoms with van der Waals surface area (Å²) in [6.07, 6.45) is 3.83. The lowest BCUT2D eigenvalue weighted by Gasteiger charge is -2.19. The molecule has 0 saturated heterocycles. The summed E-state index contributed by atoms with van der Waals surface area (Å²) in [5, 5.41) is 22.0. The molecular formula is C24H27N7O4. The van der Waals surface area contributed by atoms with E-state index in [0.717, 1.165) is 29.0 Å². The van der Waals surface area contributed by atoms with Crippen LogP contribution in [0.3, 0.4) is 0 Å². The number of aromatic nitrogens is 4. The molecule has 0 atom stereocenters. The third-order valence-electron chi connectivity index (χ3n) is 4.94. The summed E-state index contributed by atoms with van der Waals surface area (Å²) in [7, 11) is 0. The number of rotatable bonds is 8. The van der Waals surface area contributed by atoms with Gasteiger partial charge in [0.05, 0.1) is 36.9 Å². The van der Waals surface area contributed by atoms with Gasteiger partial charge in [-0.3, -0.25) is 5.10 Å². The normalized spacial score (nSPS) is 12.3. The molecule has 1 aliphatic heterocycles. The minimum Gasteiger partial charge on any atom is -0.493 e. The summed E-state index contributed by atoms with van der Waals surface area (Å²) in [6.45, 7) is 6.88. The Bertz CT molecular complexity index is 1230. The number of benzene rings is 1. The maximum Gasteiger partial charge on any atom is 0.407 e. The van der Waals surface area contributed by atoms with Gasteiger partial charge in [0, 0.05) is 19.0 Å². The minimum atomic E-state index is -0.537. The number of nitriles is 1. The van der Waals surface area contributed by atoms with Crippen molar-refractivity contribution in [2.75, 3.05) is 25.1 Å². The Hall–Kier alpha value is -4.33. The molecular weight excluding hydrogens is 450 g/mol. The number of hydrogen-bond donors (Lipinski definition) is 3. The van der Waals surface area contributed by atoms with Crippen LogP contribution in [0.25, 0.3) is 11.3 Å². The van der Waals surface area contributed by atoms with Crippen molar-refractivity contribution in [2.24, 2.45) is 0 Å². The molecule has 1 aromatic carbocycles. The molecule has 0 bridgehead atoms. The number of ether oxygens (including phenoxy) is 3. The molecule has 0 unspecified atom stereocenters. The van der Waals surface area contributed by atoms with Gasteiger partial charge in [-0.15, -0.1) is 0 Å². The molecule has 0 fully saturated rings. The first kappa shape index (κ1) is 23.8. The van der Waals surface area contributed by atoms with Gasteiger partial charge < -0.3 is 24.8 Å². The van der Waals surface area contributed by atoms with E-state index < -0.39 is 11.7 Å². The van der Waals surface area contributed by atoms with Crippen molar-refractivity contribution in [3.05, 3.63) is 41.9 Å². The number of nitrogens with one attached hydrogen (secondary N) is 3. The Kier molecular flexibility index (Phi) is 7.01. The molecule has 35 heavy (non-hydrogen) atoms. The second kappa shape index (κ2) is 10.3. The number of alkyl carbamates (subject to hydrolysis) is 1. The van der Waals surface area contributed by atoms with Gasteiger partial charge in [0.1, 0.15) is 29.0 Å². The van der Waals surface area contributed by atoms with E-state index in [-0.39, 0.29) is 5.69 Å². The average molecular weight is 478 g/mol. The Balaban J connectivity index is 1.43. The average Bonchev–Trinajstić information content (AvgIpc) is 3.47. The number of fused-ring (bicyclic) bond motifs is 1. The number of carbonyl (C=O) groups is 1. The van der Waals surface area contributed by atoms with Crippen LogP contribution in [-0.4, -0.2) is 51.6 Å². The van der Waals surface area contributed by atoms with Crippen LogP contribution in [0.5, 0.6) is 11.5 Å². The van der Waals surface area contributed by atoms with Crippen molar-refractivity contribution >= 4 is 17.7 Å². The molecule has 0 spiro atoms. The predicted octanol–water partition coefficient (Wildman–Crippen LogP) is 3.71. The summed E-state index contributed by atoms with van der Waals surface area (Å²) in [4.78, 5) is 19.9. The van der Waals surface area contributed by atoms with Gasteiger partial charge in [-0.1, -0.05) is 6.07 Å². The Morgan fingerprint density at radius 3 is 2.86 bits per heavy atom. The molecule has 1 aliphatic rings. The van der Waals surface area contributed by atoms with E-state index in [4.69, 9.17) is 19.5 Å². The summed E-state index contributed by atoms with van der Waals surface area (Å²) >= 11 is 0. The quantitative estimate of drug-likeness (QED) is 0.413. The first-order valence-corrected chi connectivity index (χ1v) is 11.3. The van der Waals surface area contributed by atoms with Crippen molar-refractivity contribution in [1.29, 1.82) is 5.26 Å². The molecule has 11 heteroatoms. The molecule has 3 heterocycles. The van der Waals surface area contributed by atoms with Crippen LogP contribution >= 0.6 is 0 Å². The van der Waals surface area contributed by atoms with Crippen LogP contribution in [0.1, 0.15) is 38.4 Å². The molecule has 2 aromatic heterocycles. The van der Waals surface area contributed by atoms with Gasteiger partial charge >= 0.3 is 6.09 Å². The topological polar surface area (TPSA) is 147 Å². The molecule has 1 amide bonds. The number of hydrogen-bond acceptors (Lipinski definition) is 9. The highest BCUT2D eigenvalue weighted by Gasteiger charge is 2.23. The van der Waals surface area contributed by atoms with Crippen molar-refractivity contribution in [2.45, 2.75) is 39.2 Å². The van der Waals surface area contributed by atoms with E-state index in [0.29, 0.717) is 43.6 Å². The van der Waals surface area contributed by atoms with Gasteiger partial charge in [-0.05, 0) is 38.8 Å². The van der Waals surface area contributed by atoms with Crippen LogP contribution in [0.2, 0.25) is 0 Å². The summed E-state index contributed by atoms with van der Waals surface area (Å²) in [5.74, 6) is 2.41.